The highest BCUT2D eigenvalue weighted by Crippen LogP contribution is 2.38. The smallest absolute Gasteiger partial charge is 0.267 e. The van der Waals surface area contributed by atoms with E-state index < -0.39 is 11.5 Å². The molecule has 170 valence electrons. The Kier molecular flexibility index (Phi) is 4.94. The normalized spacial score (nSPS) is 26.4. The predicted molar refractivity (Wildman–Crippen MR) is 125 cm³/mol. The van der Waals surface area contributed by atoms with E-state index in [-0.39, 0.29) is 29.4 Å². The van der Waals surface area contributed by atoms with Crippen molar-refractivity contribution in [3.8, 4) is 5.75 Å². The number of carbonyl (C=O) groups excluding carboxylic acids is 1. The van der Waals surface area contributed by atoms with Crippen molar-refractivity contribution in [3.05, 3.63) is 70.3 Å². The van der Waals surface area contributed by atoms with Crippen molar-refractivity contribution >= 4 is 16.8 Å². The zero-order valence-electron chi connectivity index (χ0n) is 18.5. The summed E-state index contributed by atoms with van der Waals surface area (Å²) in [7, 11) is 0. The van der Waals surface area contributed by atoms with Crippen LogP contribution in [-0.4, -0.2) is 50.6 Å². The van der Waals surface area contributed by atoms with Crippen molar-refractivity contribution in [1.82, 2.24) is 19.8 Å². The molecule has 7 heteroatoms. The van der Waals surface area contributed by atoms with Crippen LogP contribution in [-0.2, 0) is 6.42 Å². The van der Waals surface area contributed by atoms with E-state index >= 15 is 0 Å². The Labute approximate surface area is 192 Å². The maximum atomic E-state index is 13.5. The van der Waals surface area contributed by atoms with Crippen LogP contribution in [0.1, 0.15) is 47.8 Å². The first kappa shape index (κ1) is 20.4. The van der Waals surface area contributed by atoms with Crippen molar-refractivity contribution in [2.75, 3.05) is 13.1 Å². The quantitative estimate of drug-likeness (QED) is 0.632. The Morgan fingerprint density at radius 3 is 2.55 bits per heavy atom. The van der Waals surface area contributed by atoms with Gasteiger partial charge < -0.3 is 15.0 Å². The molecule has 1 amide bonds. The van der Waals surface area contributed by atoms with Crippen LogP contribution < -0.4 is 10.9 Å². The summed E-state index contributed by atoms with van der Waals surface area (Å²) in [6.45, 7) is 2.04. The molecule has 2 unspecified atom stereocenters. The van der Waals surface area contributed by atoms with Gasteiger partial charge in [0.25, 0.3) is 11.5 Å². The summed E-state index contributed by atoms with van der Waals surface area (Å²) in [6.07, 6.45) is 6.44. The van der Waals surface area contributed by atoms with E-state index in [0.717, 1.165) is 50.9 Å². The number of nitrogens with zero attached hydrogens (tertiary/aromatic N) is 3. The second-order valence-electron chi connectivity index (χ2n) is 9.61. The summed E-state index contributed by atoms with van der Waals surface area (Å²) in [5.74, 6) is -0.323. The first-order valence-electron chi connectivity index (χ1n) is 11.9. The molecular formula is C26H28N4O3. The van der Waals surface area contributed by atoms with Gasteiger partial charge in [0, 0.05) is 41.8 Å². The minimum Gasteiger partial charge on any atom is -0.506 e. The summed E-state index contributed by atoms with van der Waals surface area (Å²) in [5.41, 5.74) is 1.16. The fourth-order valence-electron chi connectivity index (χ4n) is 5.83. The number of carbonyl (C=O) groups is 1. The van der Waals surface area contributed by atoms with Gasteiger partial charge in [-0.25, -0.2) is 0 Å². The Hall–Kier alpha value is -3.19. The monoisotopic (exact) mass is 444 g/mol. The second kappa shape index (κ2) is 7.99. The van der Waals surface area contributed by atoms with Gasteiger partial charge in [0.05, 0.1) is 5.52 Å². The number of nitrogens with one attached hydrogen (secondary N) is 1. The molecule has 7 rings (SSSR count). The van der Waals surface area contributed by atoms with Crippen LogP contribution >= 0.6 is 0 Å². The second-order valence-corrected chi connectivity index (χ2v) is 9.61. The third-order valence-corrected chi connectivity index (χ3v) is 7.64. The number of piperidine rings is 3. The molecule has 3 aliphatic heterocycles. The predicted octanol–water partition coefficient (Wildman–Crippen LogP) is 2.87. The number of aromatic hydroxyl groups is 1. The molecule has 1 saturated carbocycles. The number of benzene rings is 1. The number of hydrogen-bond donors (Lipinski definition) is 2. The fourth-order valence-corrected chi connectivity index (χ4v) is 5.83. The maximum absolute atomic E-state index is 13.5. The van der Waals surface area contributed by atoms with Crippen LogP contribution in [0.4, 0.5) is 0 Å². The first-order chi connectivity index (χ1) is 16.1. The van der Waals surface area contributed by atoms with Gasteiger partial charge in [0.1, 0.15) is 11.3 Å². The number of pyridine rings is 2. The zero-order valence-corrected chi connectivity index (χ0v) is 18.5. The third kappa shape index (κ3) is 3.51. The lowest BCUT2D eigenvalue weighted by Gasteiger charge is -2.51. The molecule has 0 radical (unpaired) electrons. The minimum absolute atomic E-state index is 0.0818. The van der Waals surface area contributed by atoms with E-state index in [1.807, 2.05) is 36.4 Å². The van der Waals surface area contributed by atoms with E-state index in [0.29, 0.717) is 16.8 Å². The average Bonchev–Trinajstić information content (AvgIpc) is 3.67. The zero-order chi connectivity index (χ0) is 22.5. The van der Waals surface area contributed by atoms with Crippen molar-refractivity contribution < 1.29 is 9.90 Å². The molecule has 3 saturated heterocycles. The molecule has 5 heterocycles. The largest absolute Gasteiger partial charge is 0.506 e. The minimum atomic E-state index is -0.470. The van der Waals surface area contributed by atoms with Crippen LogP contribution in [0.2, 0.25) is 0 Å². The summed E-state index contributed by atoms with van der Waals surface area (Å²) in [4.78, 5) is 33.9. The van der Waals surface area contributed by atoms with Crippen molar-refractivity contribution in [2.24, 2.45) is 5.92 Å². The molecule has 7 nitrogen and oxygen atoms in total. The molecule has 0 spiro atoms. The van der Waals surface area contributed by atoms with Crippen LogP contribution in [0.5, 0.6) is 5.75 Å². The van der Waals surface area contributed by atoms with E-state index in [4.69, 9.17) is 0 Å². The number of fused-ring (bicyclic) bond motifs is 4. The number of amides is 1. The van der Waals surface area contributed by atoms with E-state index in [9.17, 15) is 14.7 Å². The van der Waals surface area contributed by atoms with Crippen LogP contribution in [0.15, 0.2) is 53.5 Å². The highest BCUT2D eigenvalue weighted by Gasteiger charge is 2.43. The number of aromatic nitrogens is 2. The molecule has 3 aromatic rings. The Balaban J connectivity index is 1.36. The van der Waals surface area contributed by atoms with Crippen LogP contribution in [0.25, 0.3) is 10.9 Å². The van der Waals surface area contributed by atoms with Gasteiger partial charge in [0.2, 0.25) is 0 Å². The van der Waals surface area contributed by atoms with Gasteiger partial charge in [-0.15, -0.1) is 0 Å². The number of hydrogen-bond acceptors (Lipinski definition) is 5. The standard InChI is InChI=1S/C26H28N4O3/c31-24-19-6-1-2-7-20(19)30(18-8-9-18)26(33)22(24)25(32)28-23-16-10-13-29(14-11-16)21(23)15-17-5-3-4-12-27-17/h1-7,12,16,18,21,23,31H,8-11,13-15H2,(H,28,32). The van der Waals surface area contributed by atoms with Crippen LogP contribution in [0.3, 0.4) is 0 Å². The van der Waals surface area contributed by atoms with Gasteiger partial charge in [0.15, 0.2) is 0 Å². The van der Waals surface area contributed by atoms with Crippen molar-refractivity contribution in [1.29, 1.82) is 0 Å². The van der Waals surface area contributed by atoms with E-state index in [2.05, 4.69) is 15.2 Å². The number of rotatable bonds is 5. The molecule has 2 N–H and O–H groups in total. The summed E-state index contributed by atoms with van der Waals surface area (Å²) < 4.78 is 1.70. The Morgan fingerprint density at radius 1 is 1.06 bits per heavy atom. The molecule has 2 atom stereocenters. The van der Waals surface area contributed by atoms with Gasteiger partial charge >= 0.3 is 0 Å². The highest BCUT2D eigenvalue weighted by molar-refractivity contribution is 6.02. The van der Waals surface area contributed by atoms with Crippen molar-refractivity contribution in [3.63, 3.8) is 0 Å². The topological polar surface area (TPSA) is 87.5 Å². The van der Waals surface area contributed by atoms with E-state index in [1.54, 1.807) is 16.8 Å². The third-order valence-electron chi connectivity index (χ3n) is 7.64. The molecule has 1 aliphatic carbocycles. The lowest BCUT2D eigenvalue weighted by Crippen LogP contribution is -2.64. The SMILES string of the molecule is O=C(NC1C2CCN(CC2)C1Cc1ccccn1)c1c(O)c2ccccc2n(C2CC2)c1=O. The van der Waals surface area contributed by atoms with Gasteiger partial charge in [-0.05, 0) is 69.0 Å². The summed E-state index contributed by atoms with van der Waals surface area (Å²) in [5, 5.41) is 14.7. The molecule has 1 aromatic carbocycles. The summed E-state index contributed by atoms with van der Waals surface area (Å²) in [6, 6.07) is 13.4. The average molecular weight is 445 g/mol. The van der Waals surface area contributed by atoms with Crippen LogP contribution in [0, 0.1) is 5.92 Å². The van der Waals surface area contributed by atoms with E-state index in [1.165, 1.54) is 0 Å². The molecule has 33 heavy (non-hydrogen) atoms. The highest BCUT2D eigenvalue weighted by atomic mass is 16.3. The molecule has 2 bridgehead atoms. The lowest BCUT2D eigenvalue weighted by atomic mass is 9.77. The van der Waals surface area contributed by atoms with Gasteiger partial charge in [-0.3, -0.25) is 19.5 Å². The molecule has 4 aliphatic rings. The lowest BCUT2D eigenvalue weighted by molar-refractivity contribution is 0.0131. The van der Waals surface area contributed by atoms with Crippen molar-refractivity contribution in [2.45, 2.75) is 50.2 Å². The Morgan fingerprint density at radius 2 is 1.82 bits per heavy atom. The molecular weight excluding hydrogens is 416 g/mol. The summed E-state index contributed by atoms with van der Waals surface area (Å²) >= 11 is 0. The molecule has 4 fully saturated rings. The first-order valence-corrected chi connectivity index (χ1v) is 11.9. The van der Waals surface area contributed by atoms with Gasteiger partial charge in [-0.2, -0.15) is 0 Å². The van der Waals surface area contributed by atoms with Gasteiger partial charge in [-0.1, -0.05) is 18.2 Å². The number of para-hydroxylation sites is 1. The molecule has 2 aromatic heterocycles. The Bertz CT molecular complexity index is 1260. The fraction of sp³-hybridized carbons (Fsp3) is 0.423. The maximum Gasteiger partial charge on any atom is 0.267 e.